The van der Waals surface area contributed by atoms with Crippen LogP contribution in [0.3, 0.4) is 0 Å². The second kappa shape index (κ2) is 6.42. The molecule has 1 fully saturated rings. The van der Waals surface area contributed by atoms with Gasteiger partial charge in [0.15, 0.2) is 0 Å². The van der Waals surface area contributed by atoms with Crippen molar-refractivity contribution in [3.63, 3.8) is 0 Å². The summed E-state index contributed by atoms with van der Waals surface area (Å²) in [5, 5.41) is 9.45. The van der Waals surface area contributed by atoms with Gasteiger partial charge in [0.1, 0.15) is 0 Å². The van der Waals surface area contributed by atoms with Crippen molar-refractivity contribution in [3.8, 4) is 0 Å². The molecule has 1 aliphatic rings. The number of nitrogens with zero attached hydrogens (tertiary/aromatic N) is 1. The summed E-state index contributed by atoms with van der Waals surface area (Å²) >= 11 is 3.37. The summed E-state index contributed by atoms with van der Waals surface area (Å²) in [5.74, 6) is -0.860. The van der Waals surface area contributed by atoms with Crippen molar-refractivity contribution in [2.24, 2.45) is 0 Å². The van der Waals surface area contributed by atoms with Gasteiger partial charge in [0, 0.05) is 17.1 Å². The monoisotopic (exact) mass is 325 g/mol. The average Bonchev–Trinajstić information content (AvgIpc) is 2.62. The Morgan fingerprint density at radius 2 is 2.21 bits per heavy atom. The molecule has 104 valence electrons. The summed E-state index contributed by atoms with van der Waals surface area (Å²) in [7, 11) is 0. The number of rotatable bonds is 3. The number of benzene rings is 1. The maximum atomic E-state index is 11.5. The van der Waals surface area contributed by atoms with Gasteiger partial charge in [-0.2, -0.15) is 0 Å². The minimum Gasteiger partial charge on any atom is -0.478 e. The van der Waals surface area contributed by atoms with Gasteiger partial charge in [0.2, 0.25) is 0 Å². The van der Waals surface area contributed by atoms with E-state index in [-0.39, 0.29) is 0 Å². The minimum absolute atomic E-state index is 0.392. The summed E-state index contributed by atoms with van der Waals surface area (Å²) in [6, 6.07) is 6.10. The molecule has 1 N–H and O–H groups in total. The molecule has 1 heterocycles. The molecule has 19 heavy (non-hydrogen) atoms. The van der Waals surface area contributed by atoms with Crippen LogP contribution in [0.15, 0.2) is 22.7 Å². The van der Waals surface area contributed by atoms with Crippen LogP contribution in [0.25, 0.3) is 0 Å². The van der Waals surface area contributed by atoms with E-state index in [0.29, 0.717) is 16.1 Å². The summed E-state index contributed by atoms with van der Waals surface area (Å²) in [5.41, 5.74) is 1.25. The van der Waals surface area contributed by atoms with Gasteiger partial charge in [0.25, 0.3) is 0 Å². The van der Waals surface area contributed by atoms with Crippen LogP contribution in [0.4, 0.5) is 5.69 Å². The number of carbonyl (C=O) groups is 1. The molecule has 0 saturated carbocycles. The van der Waals surface area contributed by atoms with Crippen LogP contribution < -0.4 is 4.90 Å². The Morgan fingerprint density at radius 3 is 2.89 bits per heavy atom. The van der Waals surface area contributed by atoms with Crippen LogP contribution in [0, 0.1) is 0 Å². The molecule has 4 heteroatoms. The molecule has 1 atom stereocenters. The Balaban J connectivity index is 2.43. The van der Waals surface area contributed by atoms with Gasteiger partial charge in [-0.15, -0.1) is 0 Å². The first kappa shape index (κ1) is 14.4. The summed E-state index contributed by atoms with van der Waals surface area (Å²) < 4.78 is 0.664. The Hall–Kier alpha value is -1.03. The molecule has 1 saturated heterocycles. The highest BCUT2D eigenvalue weighted by molar-refractivity contribution is 9.10. The molecule has 0 bridgehead atoms. The van der Waals surface area contributed by atoms with E-state index in [1.54, 1.807) is 6.07 Å². The van der Waals surface area contributed by atoms with Crippen LogP contribution in [-0.4, -0.2) is 23.7 Å². The third kappa shape index (κ3) is 3.11. The number of carboxylic acid groups (broad SMARTS) is 1. The molecule has 0 radical (unpaired) electrons. The maximum absolute atomic E-state index is 11.5. The van der Waals surface area contributed by atoms with Crippen LogP contribution >= 0.6 is 15.9 Å². The zero-order valence-electron chi connectivity index (χ0n) is 11.2. The fraction of sp³-hybridized carbons (Fsp3) is 0.533. The molecule has 0 amide bonds. The molecule has 1 aliphatic heterocycles. The molecule has 0 spiro atoms. The molecule has 0 aromatic heterocycles. The fourth-order valence-electron chi connectivity index (χ4n) is 2.88. The van der Waals surface area contributed by atoms with Crippen molar-refractivity contribution in [2.75, 3.05) is 11.4 Å². The lowest BCUT2D eigenvalue weighted by Crippen LogP contribution is -2.35. The number of halogens is 1. The second-order valence-electron chi connectivity index (χ2n) is 5.04. The number of aromatic carboxylic acids is 1. The zero-order valence-corrected chi connectivity index (χ0v) is 12.8. The predicted octanol–water partition coefficient (Wildman–Crippen LogP) is 4.31. The van der Waals surface area contributed by atoms with Crippen LogP contribution in [0.5, 0.6) is 0 Å². The standard InChI is InChI=1S/C15H20BrNO2/c1-2-11-7-4-3-5-10-17(11)13-9-6-8-12(16)14(13)15(18)19/h6,8-9,11H,2-5,7,10H2,1H3,(H,18,19). The number of hydrogen-bond donors (Lipinski definition) is 1. The topological polar surface area (TPSA) is 40.5 Å². The highest BCUT2D eigenvalue weighted by atomic mass is 79.9. The smallest absolute Gasteiger partial charge is 0.338 e. The largest absolute Gasteiger partial charge is 0.478 e. The van der Waals surface area contributed by atoms with E-state index in [4.69, 9.17) is 0 Å². The van der Waals surface area contributed by atoms with Crippen molar-refractivity contribution < 1.29 is 9.90 Å². The van der Waals surface area contributed by atoms with Crippen LogP contribution in [-0.2, 0) is 0 Å². The lowest BCUT2D eigenvalue weighted by atomic mass is 10.1. The van der Waals surface area contributed by atoms with Crippen molar-refractivity contribution in [1.82, 2.24) is 0 Å². The first-order valence-corrected chi connectivity index (χ1v) is 7.73. The Bertz CT molecular complexity index is 461. The van der Waals surface area contributed by atoms with Gasteiger partial charge < -0.3 is 10.0 Å². The van der Waals surface area contributed by atoms with E-state index in [9.17, 15) is 9.90 Å². The van der Waals surface area contributed by atoms with E-state index in [2.05, 4.69) is 27.8 Å². The van der Waals surface area contributed by atoms with E-state index >= 15 is 0 Å². The summed E-state index contributed by atoms with van der Waals surface area (Å²) in [6.45, 7) is 3.14. The van der Waals surface area contributed by atoms with Crippen LogP contribution in [0.1, 0.15) is 49.4 Å². The van der Waals surface area contributed by atoms with Gasteiger partial charge in [-0.1, -0.05) is 25.8 Å². The highest BCUT2D eigenvalue weighted by Gasteiger charge is 2.25. The lowest BCUT2D eigenvalue weighted by Gasteiger charge is -2.32. The van der Waals surface area contributed by atoms with Gasteiger partial charge in [-0.05, 0) is 47.3 Å². The molecule has 1 unspecified atom stereocenters. The lowest BCUT2D eigenvalue weighted by molar-refractivity contribution is 0.0696. The maximum Gasteiger partial charge on any atom is 0.338 e. The zero-order chi connectivity index (χ0) is 13.8. The van der Waals surface area contributed by atoms with Gasteiger partial charge in [-0.3, -0.25) is 0 Å². The van der Waals surface area contributed by atoms with Crippen molar-refractivity contribution in [2.45, 2.75) is 45.1 Å². The Kier molecular flexibility index (Phi) is 4.86. The first-order chi connectivity index (χ1) is 9.15. The van der Waals surface area contributed by atoms with Gasteiger partial charge in [-0.25, -0.2) is 4.79 Å². The molecular weight excluding hydrogens is 306 g/mol. The summed E-state index contributed by atoms with van der Waals surface area (Å²) in [6.07, 6.45) is 5.84. The van der Waals surface area contributed by atoms with Gasteiger partial charge in [0.05, 0.1) is 11.3 Å². The first-order valence-electron chi connectivity index (χ1n) is 6.93. The Labute approximate surface area is 122 Å². The van der Waals surface area contributed by atoms with E-state index in [0.717, 1.165) is 31.5 Å². The second-order valence-corrected chi connectivity index (χ2v) is 5.90. The number of carboxylic acids is 1. The molecule has 2 rings (SSSR count). The molecule has 3 nitrogen and oxygen atoms in total. The minimum atomic E-state index is -0.860. The molecule has 1 aromatic rings. The summed E-state index contributed by atoms with van der Waals surface area (Å²) in [4.78, 5) is 13.8. The van der Waals surface area contributed by atoms with Crippen LogP contribution in [0.2, 0.25) is 0 Å². The third-order valence-electron chi connectivity index (χ3n) is 3.86. The normalized spacial score (nSPS) is 20.1. The van der Waals surface area contributed by atoms with E-state index in [1.807, 2.05) is 12.1 Å². The van der Waals surface area contributed by atoms with E-state index in [1.165, 1.54) is 12.8 Å². The Morgan fingerprint density at radius 1 is 1.42 bits per heavy atom. The van der Waals surface area contributed by atoms with Crippen molar-refractivity contribution >= 4 is 27.6 Å². The van der Waals surface area contributed by atoms with Gasteiger partial charge >= 0.3 is 5.97 Å². The number of hydrogen-bond acceptors (Lipinski definition) is 2. The van der Waals surface area contributed by atoms with E-state index < -0.39 is 5.97 Å². The number of anilines is 1. The average molecular weight is 326 g/mol. The SMILES string of the molecule is CCC1CCCCCN1c1cccc(Br)c1C(=O)O. The molecule has 0 aliphatic carbocycles. The quantitative estimate of drug-likeness (QED) is 0.900. The fourth-order valence-corrected chi connectivity index (χ4v) is 3.41. The molecule has 1 aromatic carbocycles. The van der Waals surface area contributed by atoms with Crippen molar-refractivity contribution in [3.05, 3.63) is 28.2 Å². The highest BCUT2D eigenvalue weighted by Crippen LogP contribution is 2.32. The predicted molar refractivity (Wildman–Crippen MR) is 81.0 cm³/mol. The molecular formula is C15H20BrNO2. The third-order valence-corrected chi connectivity index (χ3v) is 4.52. The van der Waals surface area contributed by atoms with Crippen molar-refractivity contribution in [1.29, 1.82) is 0 Å².